The quantitative estimate of drug-likeness (QED) is 0.635. The Morgan fingerprint density at radius 1 is 1.58 bits per heavy atom. The van der Waals surface area contributed by atoms with Crippen molar-refractivity contribution in [1.29, 1.82) is 0 Å². The molecular weight excluding hydrogens is 282 g/mol. The Morgan fingerprint density at radius 3 is 3.00 bits per heavy atom. The van der Waals surface area contributed by atoms with Crippen molar-refractivity contribution in [1.82, 2.24) is 20.4 Å². The predicted octanol–water partition coefficient (Wildman–Crippen LogP) is 1.03. The van der Waals surface area contributed by atoms with Gasteiger partial charge in [0.25, 0.3) is 5.91 Å². The SMILES string of the molecule is CN(NC(=O)c1csc(-c2cccnc2)n1)C(N)=S. The van der Waals surface area contributed by atoms with E-state index >= 15 is 0 Å². The van der Waals surface area contributed by atoms with Gasteiger partial charge in [-0.3, -0.25) is 20.2 Å². The number of amides is 1. The smallest absolute Gasteiger partial charge is 0.289 e. The van der Waals surface area contributed by atoms with E-state index in [1.165, 1.54) is 16.3 Å². The fraction of sp³-hybridized carbons (Fsp3) is 0.0909. The first-order valence-electron chi connectivity index (χ1n) is 5.28. The van der Waals surface area contributed by atoms with Crippen LogP contribution in [-0.2, 0) is 0 Å². The highest BCUT2D eigenvalue weighted by Gasteiger charge is 2.13. The van der Waals surface area contributed by atoms with Crippen molar-refractivity contribution in [3.63, 3.8) is 0 Å². The molecule has 0 radical (unpaired) electrons. The lowest BCUT2D eigenvalue weighted by molar-refractivity contribution is 0.0883. The molecule has 0 aliphatic heterocycles. The molecular formula is C11H11N5OS2. The van der Waals surface area contributed by atoms with Gasteiger partial charge in [0.05, 0.1) is 0 Å². The third-order valence-electron chi connectivity index (χ3n) is 2.25. The van der Waals surface area contributed by atoms with Crippen molar-refractivity contribution in [2.45, 2.75) is 0 Å². The Hall–Kier alpha value is -2.06. The molecule has 2 rings (SSSR count). The molecule has 1 amide bonds. The minimum Gasteiger partial charge on any atom is -0.375 e. The van der Waals surface area contributed by atoms with E-state index in [9.17, 15) is 4.79 Å². The highest BCUT2D eigenvalue weighted by molar-refractivity contribution is 7.80. The number of nitrogens with one attached hydrogen (secondary N) is 1. The van der Waals surface area contributed by atoms with Crippen LogP contribution in [0.2, 0.25) is 0 Å². The largest absolute Gasteiger partial charge is 0.375 e. The van der Waals surface area contributed by atoms with Gasteiger partial charge in [0.15, 0.2) is 5.11 Å². The second-order valence-electron chi connectivity index (χ2n) is 3.62. The molecule has 2 aromatic rings. The first-order chi connectivity index (χ1) is 9.08. The topological polar surface area (TPSA) is 84.1 Å². The maximum Gasteiger partial charge on any atom is 0.289 e. The lowest BCUT2D eigenvalue weighted by Gasteiger charge is -2.16. The second-order valence-corrected chi connectivity index (χ2v) is 4.89. The lowest BCUT2D eigenvalue weighted by atomic mass is 10.3. The van der Waals surface area contributed by atoms with Crippen molar-refractivity contribution >= 4 is 34.6 Å². The Balaban J connectivity index is 2.13. The van der Waals surface area contributed by atoms with E-state index in [0.29, 0.717) is 5.69 Å². The van der Waals surface area contributed by atoms with E-state index in [0.717, 1.165) is 10.6 Å². The van der Waals surface area contributed by atoms with Gasteiger partial charge in [0.1, 0.15) is 10.7 Å². The number of carbonyl (C=O) groups excluding carboxylic acids is 1. The summed E-state index contributed by atoms with van der Waals surface area (Å²) in [7, 11) is 1.56. The molecule has 0 aliphatic carbocycles. The monoisotopic (exact) mass is 293 g/mol. The molecule has 0 saturated carbocycles. The van der Waals surface area contributed by atoms with Gasteiger partial charge in [-0.05, 0) is 24.4 Å². The van der Waals surface area contributed by atoms with Crippen LogP contribution in [0.1, 0.15) is 10.5 Å². The molecule has 0 saturated heterocycles. The average molecular weight is 293 g/mol. The molecule has 8 heteroatoms. The van der Waals surface area contributed by atoms with Crippen LogP contribution in [-0.4, -0.2) is 33.0 Å². The second kappa shape index (κ2) is 5.72. The van der Waals surface area contributed by atoms with Crippen LogP contribution >= 0.6 is 23.6 Å². The third-order valence-corrected chi connectivity index (χ3v) is 3.41. The number of aromatic nitrogens is 2. The minimum absolute atomic E-state index is 0.0797. The Morgan fingerprint density at radius 2 is 2.37 bits per heavy atom. The number of rotatable bonds is 2. The number of pyridine rings is 1. The fourth-order valence-corrected chi connectivity index (χ4v) is 2.10. The van der Waals surface area contributed by atoms with Gasteiger partial charge >= 0.3 is 0 Å². The molecule has 2 aromatic heterocycles. The maximum atomic E-state index is 11.9. The number of hydrazine groups is 1. The summed E-state index contributed by atoms with van der Waals surface area (Å²) in [6.07, 6.45) is 3.38. The summed E-state index contributed by atoms with van der Waals surface area (Å²) in [4.78, 5) is 20.1. The van der Waals surface area contributed by atoms with Gasteiger partial charge in [-0.1, -0.05) is 0 Å². The van der Waals surface area contributed by atoms with E-state index < -0.39 is 0 Å². The molecule has 2 heterocycles. The lowest BCUT2D eigenvalue weighted by Crippen LogP contribution is -2.45. The highest BCUT2D eigenvalue weighted by Crippen LogP contribution is 2.22. The van der Waals surface area contributed by atoms with E-state index in [4.69, 9.17) is 18.0 Å². The zero-order valence-corrected chi connectivity index (χ0v) is 11.7. The molecule has 6 nitrogen and oxygen atoms in total. The van der Waals surface area contributed by atoms with Crippen molar-refractivity contribution in [3.8, 4) is 10.6 Å². The van der Waals surface area contributed by atoms with Gasteiger partial charge < -0.3 is 5.73 Å². The van der Waals surface area contributed by atoms with Crippen molar-refractivity contribution in [2.75, 3.05) is 7.05 Å². The number of thiazole rings is 1. The highest BCUT2D eigenvalue weighted by atomic mass is 32.1. The number of thiocarbonyl (C=S) groups is 1. The molecule has 19 heavy (non-hydrogen) atoms. The molecule has 0 bridgehead atoms. The third kappa shape index (κ3) is 3.24. The maximum absolute atomic E-state index is 11.9. The summed E-state index contributed by atoms with van der Waals surface area (Å²) >= 11 is 6.10. The zero-order chi connectivity index (χ0) is 13.8. The van der Waals surface area contributed by atoms with Crippen LogP contribution < -0.4 is 11.2 Å². The Bertz CT molecular complexity index is 598. The molecule has 0 aliphatic rings. The van der Waals surface area contributed by atoms with Crippen molar-refractivity contribution in [2.24, 2.45) is 5.73 Å². The fourth-order valence-electron chi connectivity index (χ4n) is 1.26. The van der Waals surface area contributed by atoms with Crippen LogP contribution in [0.25, 0.3) is 10.6 Å². The molecule has 0 unspecified atom stereocenters. The van der Waals surface area contributed by atoms with E-state index in [1.54, 1.807) is 24.8 Å². The molecule has 0 aromatic carbocycles. The molecule has 0 spiro atoms. The summed E-state index contributed by atoms with van der Waals surface area (Å²) in [5.74, 6) is -0.360. The number of hydrogen-bond donors (Lipinski definition) is 2. The van der Waals surface area contributed by atoms with Gasteiger partial charge in [-0.2, -0.15) is 0 Å². The van der Waals surface area contributed by atoms with Gasteiger partial charge in [0.2, 0.25) is 0 Å². The average Bonchev–Trinajstić information content (AvgIpc) is 2.89. The minimum atomic E-state index is -0.360. The summed E-state index contributed by atoms with van der Waals surface area (Å²) in [5.41, 5.74) is 9.07. The molecule has 98 valence electrons. The Labute approximate surface area is 119 Å². The number of nitrogens with zero attached hydrogens (tertiary/aromatic N) is 3. The number of nitrogens with two attached hydrogens (primary N) is 1. The standard InChI is InChI=1S/C11H11N5OS2/c1-16(11(12)18)15-9(17)8-6-19-10(14-8)7-3-2-4-13-5-7/h2-6H,1H3,(H2,12,18)(H,15,17). The van der Waals surface area contributed by atoms with Crippen molar-refractivity contribution in [3.05, 3.63) is 35.6 Å². The molecule has 0 atom stereocenters. The van der Waals surface area contributed by atoms with Crippen LogP contribution in [0.4, 0.5) is 0 Å². The molecule has 0 fully saturated rings. The first-order valence-corrected chi connectivity index (χ1v) is 6.57. The zero-order valence-electron chi connectivity index (χ0n) is 10.0. The first kappa shape index (κ1) is 13.4. The summed E-state index contributed by atoms with van der Waals surface area (Å²) in [5, 5.41) is 3.75. The van der Waals surface area contributed by atoms with Crippen LogP contribution in [0.3, 0.4) is 0 Å². The van der Waals surface area contributed by atoms with Crippen LogP contribution in [0.15, 0.2) is 29.9 Å². The predicted molar refractivity (Wildman–Crippen MR) is 77.4 cm³/mol. The van der Waals surface area contributed by atoms with Gasteiger partial charge in [0, 0.05) is 30.4 Å². The van der Waals surface area contributed by atoms with Crippen LogP contribution in [0.5, 0.6) is 0 Å². The normalized spacial score (nSPS) is 9.95. The summed E-state index contributed by atoms with van der Waals surface area (Å²) in [6, 6.07) is 3.70. The Kier molecular flexibility index (Phi) is 4.03. The number of carbonyl (C=O) groups is 1. The van der Waals surface area contributed by atoms with E-state index in [-0.39, 0.29) is 11.0 Å². The van der Waals surface area contributed by atoms with E-state index in [2.05, 4.69) is 15.4 Å². The van der Waals surface area contributed by atoms with Crippen LogP contribution in [0, 0.1) is 0 Å². The summed E-state index contributed by atoms with van der Waals surface area (Å²) < 4.78 is 0. The van der Waals surface area contributed by atoms with E-state index in [1.807, 2.05) is 12.1 Å². The number of hydrogen-bond acceptors (Lipinski definition) is 5. The van der Waals surface area contributed by atoms with Gasteiger partial charge in [-0.25, -0.2) is 4.98 Å². The molecule has 3 N–H and O–H groups in total. The van der Waals surface area contributed by atoms with Crippen molar-refractivity contribution < 1.29 is 4.79 Å². The summed E-state index contributed by atoms with van der Waals surface area (Å²) in [6.45, 7) is 0. The van der Waals surface area contributed by atoms with Gasteiger partial charge in [-0.15, -0.1) is 11.3 Å².